The maximum atomic E-state index is 11.5. The van der Waals surface area contributed by atoms with E-state index in [4.69, 9.17) is 5.73 Å². The molecule has 2 rings (SSSR count). The summed E-state index contributed by atoms with van der Waals surface area (Å²) in [7, 11) is 3.46. The molecule has 0 aliphatic carbocycles. The largest absolute Gasteiger partial charge is 0.464 e. The summed E-state index contributed by atoms with van der Waals surface area (Å²) in [6, 6.07) is 3.57. The van der Waals surface area contributed by atoms with E-state index < -0.39 is 5.97 Å². The van der Waals surface area contributed by atoms with Crippen LogP contribution in [0, 0.1) is 5.92 Å². The van der Waals surface area contributed by atoms with Crippen LogP contribution in [0.1, 0.15) is 23.8 Å². The van der Waals surface area contributed by atoms with Crippen LogP contribution < -0.4 is 11.1 Å². The number of pyridine rings is 1. The fraction of sp³-hybridized carbons (Fsp3) is 0.571. The highest BCUT2D eigenvalue weighted by atomic mass is 16.5. The van der Waals surface area contributed by atoms with Gasteiger partial charge >= 0.3 is 5.97 Å². The van der Waals surface area contributed by atoms with E-state index in [1.807, 2.05) is 0 Å². The number of carbonyl (C=O) groups excluding carboxylic acids is 1. The highest BCUT2D eigenvalue weighted by molar-refractivity contribution is 5.88. The Bertz CT molecular complexity index is 492. The van der Waals surface area contributed by atoms with Gasteiger partial charge in [0.15, 0.2) is 5.69 Å². The number of rotatable bonds is 3. The number of methoxy groups -OCH3 is 1. The first-order valence-electron chi connectivity index (χ1n) is 6.81. The van der Waals surface area contributed by atoms with E-state index in [2.05, 4.69) is 33.9 Å². The van der Waals surface area contributed by atoms with Gasteiger partial charge in [-0.25, -0.2) is 9.78 Å². The van der Waals surface area contributed by atoms with Crippen LogP contribution in [0.2, 0.25) is 0 Å². The molecule has 20 heavy (non-hydrogen) atoms. The van der Waals surface area contributed by atoms with Gasteiger partial charge in [0.1, 0.15) is 5.82 Å². The summed E-state index contributed by atoms with van der Waals surface area (Å²) in [5.41, 5.74) is 6.75. The van der Waals surface area contributed by atoms with Crippen molar-refractivity contribution in [1.29, 1.82) is 0 Å². The topological polar surface area (TPSA) is 80.5 Å². The maximum Gasteiger partial charge on any atom is 0.356 e. The third-order valence-corrected chi connectivity index (χ3v) is 3.75. The fourth-order valence-corrected chi connectivity index (χ4v) is 2.55. The molecule has 110 valence electrons. The van der Waals surface area contributed by atoms with Crippen molar-refractivity contribution >= 4 is 17.5 Å². The van der Waals surface area contributed by atoms with Crippen LogP contribution in [0.15, 0.2) is 12.1 Å². The summed E-state index contributed by atoms with van der Waals surface area (Å²) in [6.07, 6.45) is 1.03. The first kappa shape index (κ1) is 14.6. The molecule has 1 aromatic heterocycles. The van der Waals surface area contributed by atoms with Crippen LogP contribution in [0.4, 0.5) is 11.5 Å². The van der Waals surface area contributed by atoms with Gasteiger partial charge in [0.25, 0.3) is 0 Å². The molecule has 6 nitrogen and oxygen atoms in total. The second kappa shape index (κ2) is 6.09. The lowest BCUT2D eigenvalue weighted by Crippen LogP contribution is -2.43. The number of ether oxygens (including phenoxy) is 1. The zero-order valence-corrected chi connectivity index (χ0v) is 12.2. The van der Waals surface area contributed by atoms with Crippen LogP contribution in [0.5, 0.6) is 0 Å². The summed E-state index contributed by atoms with van der Waals surface area (Å²) in [6.45, 7) is 4.28. The van der Waals surface area contributed by atoms with Crippen molar-refractivity contribution in [2.24, 2.45) is 5.92 Å². The van der Waals surface area contributed by atoms with Crippen molar-refractivity contribution in [1.82, 2.24) is 9.88 Å². The van der Waals surface area contributed by atoms with Gasteiger partial charge in [-0.1, -0.05) is 6.92 Å². The first-order chi connectivity index (χ1) is 9.51. The number of carbonyl (C=O) groups is 1. The number of nitrogens with one attached hydrogen (secondary N) is 1. The number of piperidine rings is 1. The van der Waals surface area contributed by atoms with Crippen LogP contribution in [-0.2, 0) is 4.74 Å². The molecule has 0 aromatic carbocycles. The van der Waals surface area contributed by atoms with Crippen molar-refractivity contribution in [3.05, 3.63) is 17.8 Å². The third-order valence-electron chi connectivity index (χ3n) is 3.75. The molecule has 1 saturated heterocycles. The van der Waals surface area contributed by atoms with E-state index in [0.29, 0.717) is 23.5 Å². The fourth-order valence-electron chi connectivity index (χ4n) is 2.55. The van der Waals surface area contributed by atoms with Gasteiger partial charge in [-0.05, 0) is 38.1 Å². The summed E-state index contributed by atoms with van der Waals surface area (Å²) >= 11 is 0. The smallest absolute Gasteiger partial charge is 0.356 e. The van der Waals surface area contributed by atoms with Gasteiger partial charge in [0.2, 0.25) is 0 Å². The van der Waals surface area contributed by atoms with E-state index in [0.717, 1.165) is 19.5 Å². The molecular weight excluding hydrogens is 256 g/mol. The van der Waals surface area contributed by atoms with Gasteiger partial charge in [0.05, 0.1) is 12.8 Å². The van der Waals surface area contributed by atoms with Crippen LogP contribution in [0.3, 0.4) is 0 Å². The number of nitrogens with zero attached hydrogens (tertiary/aromatic N) is 2. The highest BCUT2D eigenvalue weighted by Crippen LogP contribution is 2.23. The lowest BCUT2D eigenvalue weighted by atomic mass is 9.94. The molecule has 2 heterocycles. The van der Waals surface area contributed by atoms with Crippen molar-refractivity contribution in [3.8, 4) is 0 Å². The maximum absolute atomic E-state index is 11.5. The van der Waals surface area contributed by atoms with E-state index in [1.54, 1.807) is 12.1 Å². The Kier molecular flexibility index (Phi) is 4.44. The molecule has 0 spiro atoms. The van der Waals surface area contributed by atoms with Crippen molar-refractivity contribution in [2.45, 2.75) is 19.4 Å². The molecule has 0 saturated carbocycles. The van der Waals surface area contributed by atoms with Gasteiger partial charge in [0, 0.05) is 12.6 Å². The molecular formula is C14H22N4O2. The second-order valence-electron chi connectivity index (χ2n) is 5.40. The minimum absolute atomic E-state index is 0.268. The minimum Gasteiger partial charge on any atom is -0.464 e. The predicted octanol–water partition coefficient (Wildman–Crippen LogP) is 1.20. The quantitative estimate of drug-likeness (QED) is 0.809. The van der Waals surface area contributed by atoms with Crippen molar-refractivity contribution in [3.63, 3.8) is 0 Å². The molecule has 0 radical (unpaired) electrons. The van der Waals surface area contributed by atoms with Gasteiger partial charge in [-0.3, -0.25) is 0 Å². The Balaban J connectivity index is 2.14. The number of likely N-dealkylation sites (tertiary alicyclic amines) is 1. The molecule has 1 fully saturated rings. The molecule has 1 aliphatic heterocycles. The molecule has 3 N–H and O–H groups in total. The van der Waals surface area contributed by atoms with Crippen molar-refractivity contribution in [2.75, 3.05) is 38.3 Å². The number of anilines is 2. The van der Waals surface area contributed by atoms with E-state index in [9.17, 15) is 4.79 Å². The highest BCUT2D eigenvalue weighted by Gasteiger charge is 2.25. The Morgan fingerprint density at radius 2 is 2.30 bits per heavy atom. The Morgan fingerprint density at radius 3 is 2.95 bits per heavy atom. The first-order valence-corrected chi connectivity index (χ1v) is 6.81. The van der Waals surface area contributed by atoms with E-state index >= 15 is 0 Å². The molecule has 0 bridgehead atoms. The summed E-state index contributed by atoms with van der Waals surface area (Å²) < 4.78 is 4.68. The molecule has 6 heteroatoms. The van der Waals surface area contributed by atoms with Crippen LogP contribution in [0.25, 0.3) is 0 Å². The molecule has 2 unspecified atom stereocenters. The zero-order chi connectivity index (χ0) is 14.7. The number of nitrogens with two attached hydrogens (primary N) is 1. The van der Waals surface area contributed by atoms with E-state index in [-0.39, 0.29) is 5.69 Å². The normalized spacial score (nSPS) is 23.4. The lowest BCUT2D eigenvalue weighted by Gasteiger charge is -2.35. The average molecular weight is 278 g/mol. The number of nitrogen functional groups attached to an aromatic ring is 1. The van der Waals surface area contributed by atoms with E-state index in [1.165, 1.54) is 7.11 Å². The summed E-state index contributed by atoms with van der Waals surface area (Å²) in [4.78, 5) is 18.1. The predicted molar refractivity (Wildman–Crippen MR) is 78.7 cm³/mol. The Morgan fingerprint density at radius 1 is 1.55 bits per heavy atom. The molecule has 2 atom stereocenters. The second-order valence-corrected chi connectivity index (χ2v) is 5.40. The van der Waals surface area contributed by atoms with Crippen LogP contribution in [-0.4, -0.2) is 49.1 Å². The number of hydrogen-bond acceptors (Lipinski definition) is 6. The minimum atomic E-state index is -0.454. The van der Waals surface area contributed by atoms with Crippen LogP contribution >= 0.6 is 0 Å². The summed E-state index contributed by atoms with van der Waals surface area (Å²) in [5, 5.41) is 3.37. The average Bonchev–Trinajstić information content (AvgIpc) is 2.43. The third kappa shape index (κ3) is 3.19. The van der Waals surface area contributed by atoms with Gasteiger partial charge in [-0.15, -0.1) is 0 Å². The van der Waals surface area contributed by atoms with Crippen molar-refractivity contribution < 1.29 is 9.53 Å². The number of aromatic nitrogens is 1. The molecule has 1 aromatic rings. The lowest BCUT2D eigenvalue weighted by molar-refractivity contribution is 0.0594. The number of hydrogen-bond donors (Lipinski definition) is 2. The van der Waals surface area contributed by atoms with Gasteiger partial charge in [-0.2, -0.15) is 0 Å². The SMILES string of the molecule is COC(=O)c1ccc(N)c(NC2CCN(C)CC2C)n1. The standard InChI is InChI=1S/C14H22N4O2/c1-9-8-18(2)7-6-11(9)16-13-10(15)4-5-12(17-13)14(19)20-3/h4-5,9,11H,6-8,15H2,1-3H3,(H,16,17). The summed E-state index contributed by atoms with van der Waals surface area (Å²) in [5.74, 6) is 0.607. The van der Waals surface area contributed by atoms with Gasteiger partial charge < -0.3 is 20.7 Å². The molecule has 0 amide bonds. The Labute approximate surface area is 119 Å². The zero-order valence-electron chi connectivity index (χ0n) is 12.2. The Hall–Kier alpha value is -1.82. The number of esters is 1. The molecule has 1 aliphatic rings. The monoisotopic (exact) mass is 278 g/mol.